The number of fused-ring (bicyclic) bond motifs is 1. The number of hydrogen-bond acceptors (Lipinski definition) is 5. The molecule has 0 spiro atoms. The fourth-order valence-electron chi connectivity index (χ4n) is 4.52. The number of nitrogens with zero attached hydrogens (tertiary/aromatic N) is 3. The number of aromatic nitrogens is 1. The van der Waals surface area contributed by atoms with Crippen LogP contribution in [0.25, 0.3) is 10.2 Å². The Hall–Kier alpha value is -2.94. The van der Waals surface area contributed by atoms with Gasteiger partial charge in [0.05, 0.1) is 21.7 Å². The predicted octanol–water partition coefficient (Wildman–Crippen LogP) is 4.24. The summed E-state index contributed by atoms with van der Waals surface area (Å²) in [6, 6.07) is 21.1. The molecule has 0 atom stereocenters. The molecule has 0 bridgehead atoms. The van der Waals surface area contributed by atoms with E-state index >= 15 is 0 Å². The molecule has 8 heteroatoms. The van der Waals surface area contributed by atoms with E-state index in [0.717, 1.165) is 22.4 Å². The van der Waals surface area contributed by atoms with Gasteiger partial charge in [0.15, 0.2) is 0 Å². The van der Waals surface area contributed by atoms with Crippen LogP contribution in [0.2, 0.25) is 0 Å². The van der Waals surface area contributed by atoms with Gasteiger partial charge in [-0.15, -0.1) is 0 Å². The number of hydrogen-bond donors (Lipinski definition) is 0. The SMILES string of the molecule is Cc1cccc(N2CCN(S(=O)(=O)c3ccc4c(c3)sc(=O)n4Cc3ccccc3)CC2)c1C. The molecule has 0 radical (unpaired) electrons. The minimum absolute atomic E-state index is 0.0875. The molecular weight excluding hydrogens is 466 g/mol. The van der Waals surface area contributed by atoms with Crippen LogP contribution in [-0.2, 0) is 16.6 Å². The van der Waals surface area contributed by atoms with Gasteiger partial charge in [-0.1, -0.05) is 53.8 Å². The van der Waals surface area contributed by atoms with Crippen LogP contribution in [0, 0.1) is 13.8 Å². The lowest BCUT2D eigenvalue weighted by molar-refractivity contribution is 0.385. The van der Waals surface area contributed by atoms with E-state index in [1.54, 1.807) is 27.1 Å². The fourth-order valence-corrected chi connectivity index (χ4v) is 6.97. The molecule has 0 N–H and O–H groups in total. The number of benzene rings is 3. The van der Waals surface area contributed by atoms with E-state index in [1.807, 2.05) is 36.4 Å². The van der Waals surface area contributed by atoms with E-state index in [-0.39, 0.29) is 9.77 Å². The van der Waals surface area contributed by atoms with E-state index in [9.17, 15) is 13.2 Å². The largest absolute Gasteiger partial charge is 0.369 e. The molecule has 4 aromatic rings. The first-order valence-corrected chi connectivity index (χ1v) is 13.6. The van der Waals surface area contributed by atoms with Crippen LogP contribution in [0.3, 0.4) is 0 Å². The summed E-state index contributed by atoms with van der Waals surface area (Å²) in [5, 5.41) is 0. The van der Waals surface area contributed by atoms with Gasteiger partial charge in [-0.3, -0.25) is 9.36 Å². The van der Waals surface area contributed by atoms with Gasteiger partial charge in [0, 0.05) is 31.9 Å². The standard InChI is InChI=1S/C26H27N3O3S2/c1-19-7-6-10-23(20(19)2)27-13-15-28(16-14-27)34(31,32)22-11-12-24-25(17-22)33-26(30)29(24)18-21-8-4-3-5-9-21/h3-12,17H,13-16,18H2,1-2H3. The third-order valence-corrected chi connectivity index (χ3v) is 9.45. The first kappa shape index (κ1) is 22.8. The number of anilines is 1. The Labute approximate surface area is 203 Å². The Morgan fingerprint density at radius 1 is 0.882 bits per heavy atom. The lowest BCUT2D eigenvalue weighted by Gasteiger charge is -2.36. The zero-order valence-electron chi connectivity index (χ0n) is 19.3. The van der Waals surface area contributed by atoms with Crippen molar-refractivity contribution in [2.75, 3.05) is 31.1 Å². The quantitative estimate of drug-likeness (QED) is 0.417. The molecule has 34 heavy (non-hydrogen) atoms. The van der Waals surface area contributed by atoms with Gasteiger partial charge in [0.2, 0.25) is 10.0 Å². The Morgan fingerprint density at radius 2 is 1.62 bits per heavy atom. The van der Waals surface area contributed by atoms with Crippen molar-refractivity contribution in [2.24, 2.45) is 0 Å². The average Bonchev–Trinajstić information content (AvgIpc) is 3.16. The van der Waals surface area contributed by atoms with E-state index in [4.69, 9.17) is 0 Å². The second kappa shape index (κ2) is 9.02. The van der Waals surface area contributed by atoms with Crippen molar-refractivity contribution in [3.8, 4) is 0 Å². The fraction of sp³-hybridized carbons (Fsp3) is 0.269. The van der Waals surface area contributed by atoms with Crippen LogP contribution < -0.4 is 9.77 Å². The third-order valence-electron chi connectivity index (χ3n) is 6.62. The number of piperazine rings is 1. The molecular formula is C26H27N3O3S2. The lowest BCUT2D eigenvalue weighted by Crippen LogP contribution is -2.48. The first-order valence-electron chi connectivity index (χ1n) is 11.3. The minimum atomic E-state index is -3.64. The molecule has 0 amide bonds. The van der Waals surface area contributed by atoms with Crippen molar-refractivity contribution < 1.29 is 8.42 Å². The number of rotatable bonds is 5. The molecule has 176 valence electrons. The van der Waals surface area contributed by atoms with Crippen LogP contribution in [0.1, 0.15) is 16.7 Å². The summed E-state index contributed by atoms with van der Waals surface area (Å²) in [5.74, 6) is 0. The van der Waals surface area contributed by atoms with Gasteiger partial charge in [-0.25, -0.2) is 8.42 Å². The van der Waals surface area contributed by atoms with Crippen molar-refractivity contribution >= 4 is 37.3 Å². The van der Waals surface area contributed by atoms with Gasteiger partial charge in [-0.05, 0) is 54.8 Å². The average molecular weight is 494 g/mol. The maximum atomic E-state index is 13.4. The second-order valence-electron chi connectivity index (χ2n) is 8.68. The third kappa shape index (κ3) is 4.17. The van der Waals surface area contributed by atoms with Gasteiger partial charge in [0.25, 0.3) is 0 Å². The molecule has 5 rings (SSSR count). The molecule has 1 saturated heterocycles. The van der Waals surface area contributed by atoms with Crippen LogP contribution in [0.5, 0.6) is 0 Å². The smallest absolute Gasteiger partial charge is 0.308 e. The van der Waals surface area contributed by atoms with Gasteiger partial charge in [-0.2, -0.15) is 4.31 Å². The van der Waals surface area contributed by atoms with E-state index in [1.165, 1.54) is 16.8 Å². The highest BCUT2D eigenvalue weighted by molar-refractivity contribution is 7.89. The maximum absolute atomic E-state index is 13.4. The first-order chi connectivity index (χ1) is 16.3. The van der Waals surface area contributed by atoms with Crippen molar-refractivity contribution in [1.29, 1.82) is 0 Å². The van der Waals surface area contributed by atoms with E-state index < -0.39 is 10.0 Å². The molecule has 1 aromatic heterocycles. The Bertz CT molecular complexity index is 1500. The highest BCUT2D eigenvalue weighted by Gasteiger charge is 2.29. The Kier molecular flexibility index (Phi) is 6.06. The summed E-state index contributed by atoms with van der Waals surface area (Å²) in [7, 11) is -3.64. The second-order valence-corrected chi connectivity index (χ2v) is 11.6. The van der Waals surface area contributed by atoms with Gasteiger partial charge >= 0.3 is 4.87 Å². The lowest BCUT2D eigenvalue weighted by atomic mass is 10.1. The van der Waals surface area contributed by atoms with Crippen LogP contribution in [0.4, 0.5) is 5.69 Å². The monoisotopic (exact) mass is 493 g/mol. The van der Waals surface area contributed by atoms with Crippen LogP contribution >= 0.6 is 11.3 Å². The summed E-state index contributed by atoms with van der Waals surface area (Å²) in [6.45, 7) is 6.82. The maximum Gasteiger partial charge on any atom is 0.308 e. The molecule has 1 fully saturated rings. The van der Waals surface area contributed by atoms with E-state index in [2.05, 4.69) is 30.9 Å². The molecule has 1 aliphatic rings. The van der Waals surface area contributed by atoms with Gasteiger partial charge in [0.1, 0.15) is 0 Å². The Morgan fingerprint density at radius 3 is 2.35 bits per heavy atom. The normalized spacial score (nSPS) is 15.2. The summed E-state index contributed by atoms with van der Waals surface area (Å²) >= 11 is 1.09. The highest BCUT2D eigenvalue weighted by atomic mass is 32.2. The number of aryl methyl sites for hydroxylation is 1. The summed E-state index contributed by atoms with van der Waals surface area (Å²) < 4.78 is 30.8. The molecule has 3 aromatic carbocycles. The van der Waals surface area contributed by atoms with Crippen LogP contribution in [-0.4, -0.2) is 43.5 Å². The van der Waals surface area contributed by atoms with Crippen molar-refractivity contribution in [3.05, 3.63) is 93.1 Å². The zero-order chi connectivity index (χ0) is 23.9. The zero-order valence-corrected chi connectivity index (χ0v) is 20.9. The van der Waals surface area contributed by atoms with Crippen molar-refractivity contribution in [1.82, 2.24) is 8.87 Å². The molecule has 0 unspecified atom stereocenters. The highest BCUT2D eigenvalue weighted by Crippen LogP contribution is 2.28. The number of sulfonamides is 1. The minimum Gasteiger partial charge on any atom is -0.369 e. The topological polar surface area (TPSA) is 62.6 Å². The van der Waals surface area contributed by atoms with E-state index in [0.29, 0.717) is 37.4 Å². The number of thiazole rings is 1. The predicted molar refractivity (Wildman–Crippen MR) is 139 cm³/mol. The van der Waals surface area contributed by atoms with Gasteiger partial charge < -0.3 is 4.90 Å². The molecule has 6 nitrogen and oxygen atoms in total. The summed E-state index contributed by atoms with van der Waals surface area (Å²) in [4.78, 5) is 15.1. The molecule has 0 aliphatic carbocycles. The van der Waals surface area contributed by atoms with Crippen molar-refractivity contribution in [3.63, 3.8) is 0 Å². The summed E-state index contributed by atoms with van der Waals surface area (Å²) in [6.07, 6.45) is 0. The Balaban J connectivity index is 1.37. The summed E-state index contributed by atoms with van der Waals surface area (Å²) in [5.41, 5.74) is 5.43. The molecule has 0 saturated carbocycles. The van der Waals surface area contributed by atoms with Crippen molar-refractivity contribution in [2.45, 2.75) is 25.3 Å². The van der Waals surface area contributed by atoms with Crippen LogP contribution in [0.15, 0.2) is 76.4 Å². The molecule has 1 aliphatic heterocycles. The molecule has 2 heterocycles.